The van der Waals surface area contributed by atoms with E-state index in [1.54, 1.807) is 0 Å². The van der Waals surface area contributed by atoms with Crippen molar-refractivity contribution >= 4 is 40.0 Å². The van der Waals surface area contributed by atoms with E-state index in [0.717, 1.165) is 33.0 Å². The third-order valence-corrected chi connectivity index (χ3v) is 6.45. The van der Waals surface area contributed by atoms with Gasteiger partial charge in [0.1, 0.15) is 29.7 Å². The highest BCUT2D eigenvalue weighted by Gasteiger charge is 2.20. The Morgan fingerprint density at radius 2 is 1.94 bits per heavy atom. The van der Waals surface area contributed by atoms with Crippen molar-refractivity contribution in [2.75, 3.05) is 11.9 Å². The van der Waals surface area contributed by atoms with Gasteiger partial charge >= 0.3 is 0 Å². The van der Waals surface area contributed by atoms with Crippen LogP contribution in [-0.4, -0.2) is 32.8 Å². The fourth-order valence-electron chi connectivity index (χ4n) is 4.18. The van der Waals surface area contributed by atoms with E-state index in [-0.39, 0.29) is 18.3 Å². The van der Waals surface area contributed by atoms with Crippen LogP contribution in [0.3, 0.4) is 0 Å². The van der Waals surface area contributed by atoms with Gasteiger partial charge in [-0.3, -0.25) is 9.59 Å². The van der Waals surface area contributed by atoms with Crippen LogP contribution in [0, 0.1) is 6.92 Å². The Balaban J connectivity index is 1.32. The first kappa shape index (κ1) is 22.9. The average Bonchev–Trinajstić information content (AvgIpc) is 3.18. The third-order valence-electron chi connectivity index (χ3n) is 6.04. The quantitative estimate of drug-likeness (QED) is 0.425. The number of amides is 1. The largest absolute Gasteiger partial charge is 0.486 e. The van der Waals surface area contributed by atoms with Crippen LogP contribution in [0.1, 0.15) is 32.7 Å². The van der Waals surface area contributed by atoms with E-state index >= 15 is 0 Å². The Hall–Kier alpha value is -3.91. The lowest BCUT2D eigenvalue weighted by atomic mass is 10.0. The number of ether oxygens (including phenoxy) is 1. The summed E-state index contributed by atoms with van der Waals surface area (Å²) < 4.78 is 7.28. The molecule has 0 saturated heterocycles. The van der Waals surface area contributed by atoms with Gasteiger partial charge in [-0.25, -0.2) is 9.97 Å². The van der Waals surface area contributed by atoms with Crippen LogP contribution in [0.5, 0.6) is 5.75 Å². The number of rotatable bonds is 6. The van der Waals surface area contributed by atoms with Crippen molar-refractivity contribution in [3.63, 3.8) is 0 Å². The number of ketones is 1. The van der Waals surface area contributed by atoms with Crippen molar-refractivity contribution in [1.82, 2.24) is 19.9 Å². The maximum absolute atomic E-state index is 13.1. The molecule has 35 heavy (non-hydrogen) atoms. The maximum atomic E-state index is 13.1. The second-order valence-corrected chi connectivity index (χ2v) is 9.05. The molecule has 1 aliphatic heterocycles. The molecule has 0 bridgehead atoms. The molecule has 0 saturated carbocycles. The zero-order valence-corrected chi connectivity index (χ0v) is 20.1. The zero-order valence-electron chi connectivity index (χ0n) is 19.4. The van der Waals surface area contributed by atoms with Gasteiger partial charge in [-0.15, -0.1) is 0 Å². The van der Waals surface area contributed by atoms with E-state index in [0.29, 0.717) is 42.0 Å². The number of nitrogens with zero attached hydrogens (tertiary/aromatic N) is 3. The number of Topliss-reactive ketones (excluding diaryl/α,β-unsaturated/α-hetero) is 1. The van der Waals surface area contributed by atoms with E-state index in [4.69, 9.17) is 16.3 Å². The van der Waals surface area contributed by atoms with Crippen LogP contribution >= 0.6 is 11.6 Å². The maximum Gasteiger partial charge on any atom is 0.272 e. The molecule has 8 nitrogen and oxygen atoms in total. The smallest absolute Gasteiger partial charge is 0.272 e. The number of fused-ring (bicyclic) bond motifs is 2. The van der Waals surface area contributed by atoms with Gasteiger partial charge in [0, 0.05) is 43.3 Å². The van der Waals surface area contributed by atoms with Gasteiger partial charge in [0.05, 0.1) is 5.69 Å². The highest BCUT2D eigenvalue weighted by Crippen LogP contribution is 2.27. The SMILES string of the molecule is Cc1ccc(CNc2cn(C)c3c(C(=O)NCc4ccc5c(c4)CC(=O)CO5)ncnc23)cc1Cl. The van der Waals surface area contributed by atoms with Gasteiger partial charge in [-0.05, 0) is 41.8 Å². The molecule has 4 aromatic rings. The van der Waals surface area contributed by atoms with Crippen LogP contribution < -0.4 is 15.4 Å². The predicted octanol–water partition coefficient (Wildman–Crippen LogP) is 3.98. The Morgan fingerprint density at radius 1 is 1.14 bits per heavy atom. The number of hydrogen-bond acceptors (Lipinski definition) is 6. The van der Waals surface area contributed by atoms with Gasteiger partial charge in [0.25, 0.3) is 5.91 Å². The van der Waals surface area contributed by atoms with Gasteiger partial charge in [-0.2, -0.15) is 0 Å². The van der Waals surface area contributed by atoms with E-state index in [1.807, 2.05) is 61.1 Å². The Bertz CT molecular complexity index is 1460. The molecule has 3 heterocycles. The molecule has 178 valence electrons. The fourth-order valence-corrected chi connectivity index (χ4v) is 4.38. The molecule has 1 amide bonds. The zero-order chi connectivity index (χ0) is 24.5. The lowest BCUT2D eigenvalue weighted by Crippen LogP contribution is -2.25. The highest BCUT2D eigenvalue weighted by molar-refractivity contribution is 6.31. The minimum absolute atomic E-state index is 0.0423. The van der Waals surface area contributed by atoms with Gasteiger partial charge in [0.15, 0.2) is 11.5 Å². The van der Waals surface area contributed by atoms with E-state index in [9.17, 15) is 9.59 Å². The van der Waals surface area contributed by atoms with Crippen LogP contribution in [0.4, 0.5) is 5.69 Å². The minimum Gasteiger partial charge on any atom is -0.486 e. The molecular weight excluding hydrogens is 466 g/mol. The van der Waals surface area contributed by atoms with Crippen molar-refractivity contribution in [2.24, 2.45) is 7.05 Å². The molecule has 2 N–H and O–H groups in total. The number of carbonyl (C=O) groups excluding carboxylic acids is 2. The van der Waals surface area contributed by atoms with Gasteiger partial charge in [0.2, 0.25) is 0 Å². The number of benzene rings is 2. The summed E-state index contributed by atoms with van der Waals surface area (Å²) in [5.74, 6) is 0.454. The number of carbonyl (C=O) groups is 2. The fraction of sp³-hybridized carbons (Fsp3) is 0.231. The number of nitrogens with one attached hydrogen (secondary N) is 2. The van der Waals surface area contributed by atoms with E-state index in [2.05, 4.69) is 20.6 Å². The predicted molar refractivity (Wildman–Crippen MR) is 134 cm³/mol. The molecule has 0 spiro atoms. The first-order valence-corrected chi connectivity index (χ1v) is 11.6. The molecule has 5 rings (SSSR count). The van der Waals surface area contributed by atoms with Crippen LogP contribution in [0.15, 0.2) is 48.9 Å². The lowest BCUT2D eigenvalue weighted by molar-refractivity contribution is -0.121. The molecule has 0 atom stereocenters. The van der Waals surface area contributed by atoms with Crippen molar-refractivity contribution in [1.29, 1.82) is 0 Å². The molecule has 2 aromatic heterocycles. The second kappa shape index (κ2) is 9.38. The minimum atomic E-state index is -0.305. The number of aromatic nitrogens is 3. The number of aryl methyl sites for hydroxylation is 2. The molecular formula is C26H24ClN5O3. The van der Waals surface area contributed by atoms with Crippen molar-refractivity contribution in [3.05, 3.63) is 81.9 Å². The standard InChI is InChI=1S/C26H24ClN5O3/c1-15-3-4-17(8-20(15)27)10-28-21-12-32(2)25-23(21)30-14-31-24(25)26(34)29-11-16-5-6-22-18(7-16)9-19(33)13-35-22/h3-8,12,14,28H,9-11,13H2,1-2H3,(H,29,34). The highest BCUT2D eigenvalue weighted by atomic mass is 35.5. The molecule has 0 unspecified atom stereocenters. The van der Waals surface area contributed by atoms with Crippen molar-refractivity contribution in [3.8, 4) is 5.75 Å². The summed E-state index contributed by atoms with van der Waals surface area (Å²) in [4.78, 5) is 33.4. The summed E-state index contributed by atoms with van der Waals surface area (Å²) in [5, 5.41) is 7.04. The summed E-state index contributed by atoms with van der Waals surface area (Å²) in [6.07, 6.45) is 3.64. The Labute approximate surface area is 207 Å². The number of hydrogen-bond donors (Lipinski definition) is 2. The first-order chi connectivity index (χ1) is 16.9. The molecule has 0 aliphatic carbocycles. The third kappa shape index (κ3) is 4.70. The van der Waals surface area contributed by atoms with Crippen molar-refractivity contribution in [2.45, 2.75) is 26.4 Å². The first-order valence-electron chi connectivity index (χ1n) is 11.2. The lowest BCUT2D eigenvalue weighted by Gasteiger charge is -2.17. The summed E-state index contributed by atoms with van der Waals surface area (Å²) in [5.41, 5.74) is 6.18. The van der Waals surface area contributed by atoms with Crippen molar-refractivity contribution < 1.29 is 14.3 Å². The summed E-state index contributed by atoms with van der Waals surface area (Å²) in [7, 11) is 1.86. The molecule has 9 heteroatoms. The summed E-state index contributed by atoms with van der Waals surface area (Å²) in [6, 6.07) is 11.6. The van der Waals surface area contributed by atoms with Crippen LogP contribution in [0.25, 0.3) is 11.0 Å². The monoisotopic (exact) mass is 489 g/mol. The molecule has 0 radical (unpaired) electrons. The molecule has 0 fully saturated rings. The van der Waals surface area contributed by atoms with E-state index in [1.165, 1.54) is 6.33 Å². The van der Waals surface area contributed by atoms with Crippen LogP contribution in [0.2, 0.25) is 5.02 Å². The second-order valence-electron chi connectivity index (χ2n) is 8.64. The number of anilines is 1. The summed E-state index contributed by atoms with van der Waals surface area (Å²) >= 11 is 6.25. The Kier molecular flexibility index (Phi) is 6.13. The molecule has 1 aliphatic rings. The normalized spacial score (nSPS) is 12.8. The number of halogens is 1. The molecule has 2 aromatic carbocycles. The summed E-state index contributed by atoms with van der Waals surface area (Å²) in [6.45, 7) is 2.94. The topological polar surface area (TPSA) is 98.1 Å². The van der Waals surface area contributed by atoms with E-state index < -0.39 is 0 Å². The van der Waals surface area contributed by atoms with Gasteiger partial charge in [-0.1, -0.05) is 29.8 Å². The Morgan fingerprint density at radius 3 is 2.77 bits per heavy atom. The van der Waals surface area contributed by atoms with Crippen LogP contribution in [-0.2, 0) is 31.4 Å². The van der Waals surface area contributed by atoms with Gasteiger partial charge < -0.3 is 19.9 Å². The average molecular weight is 490 g/mol.